The van der Waals surface area contributed by atoms with Crippen molar-refractivity contribution in [2.45, 2.75) is 13.0 Å². The lowest BCUT2D eigenvalue weighted by molar-refractivity contribution is 0.212. The predicted molar refractivity (Wildman–Crippen MR) is 59.4 cm³/mol. The first-order chi connectivity index (χ1) is 7.99. The number of aliphatic hydroxyl groups excluding tert-OH is 1. The van der Waals surface area contributed by atoms with Crippen LogP contribution in [0.4, 0.5) is 13.2 Å². The molecule has 0 aliphatic carbocycles. The molecule has 17 heavy (non-hydrogen) atoms. The Morgan fingerprint density at radius 1 is 1.12 bits per heavy atom. The zero-order chi connectivity index (χ0) is 12.6. The first-order valence-corrected chi connectivity index (χ1v) is 5.69. The van der Waals surface area contributed by atoms with Crippen molar-refractivity contribution in [3.8, 4) is 0 Å². The van der Waals surface area contributed by atoms with Gasteiger partial charge in [-0.05, 0) is 19.1 Å². The van der Waals surface area contributed by atoms with Crippen molar-refractivity contribution in [3.05, 3.63) is 57.0 Å². The van der Waals surface area contributed by atoms with E-state index in [1.54, 1.807) is 12.1 Å². The summed E-state index contributed by atoms with van der Waals surface area (Å²) >= 11 is 1.24. The first kappa shape index (κ1) is 12.1. The maximum atomic E-state index is 13.4. The Morgan fingerprint density at radius 3 is 2.18 bits per heavy atom. The van der Waals surface area contributed by atoms with Crippen molar-refractivity contribution >= 4 is 11.3 Å². The van der Waals surface area contributed by atoms with Gasteiger partial charge in [-0.15, -0.1) is 11.3 Å². The van der Waals surface area contributed by atoms with Crippen LogP contribution in [-0.2, 0) is 0 Å². The average Bonchev–Trinajstić information content (AvgIpc) is 2.63. The van der Waals surface area contributed by atoms with Gasteiger partial charge in [-0.2, -0.15) is 0 Å². The van der Waals surface area contributed by atoms with Crippen molar-refractivity contribution < 1.29 is 18.3 Å². The summed E-state index contributed by atoms with van der Waals surface area (Å²) in [5.41, 5.74) is -0.520. The Balaban J connectivity index is 2.47. The van der Waals surface area contributed by atoms with Gasteiger partial charge < -0.3 is 5.11 Å². The molecule has 0 aliphatic rings. The molecular formula is C12H9F3OS. The van der Waals surface area contributed by atoms with Crippen molar-refractivity contribution in [2.75, 3.05) is 0 Å². The molecule has 0 fully saturated rings. The fourth-order valence-electron chi connectivity index (χ4n) is 1.56. The van der Waals surface area contributed by atoms with E-state index in [-0.39, 0.29) is 0 Å². The van der Waals surface area contributed by atoms with Gasteiger partial charge in [-0.25, -0.2) is 13.2 Å². The van der Waals surface area contributed by atoms with Crippen molar-refractivity contribution in [3.63, 3.8) is 0 Å². The Bertz CT molecular complexity index is 527. The smallest absolute Gasteiger partial charge is 0.135 e. The molecule has 1 heterocycles. The Labute approximate surface area is 100 Å². The highest BCUT2D eigenvalue weighted by Gasteiger charge is 2.22. The van der Waals surface area contributed by atoms with Gasteiger partial charge in [0.05, 0.1) is 5.56 Å². The lowest BCUT2D eigenvalue weighted by Crippen LogP contribution is -2.05. The Hall–Kier alpha value is -1.33. The fraction of sp³-hybridized carbons (Fsp3) is 0.167. The molecule has 1 nitrogen and oxygen atoms in total. The van der Waals surface area contributed by atoms with Gasteiger partial charge in [0.15, 0.2) is 0 Å². The number of aliphatic hydroxyl groups is 1. The summed E-state index contributed by atoms with van der Waals surface area (Å²) in [5, 5.41) is 9.87. The molecule has 90 valence electrons. The van der Waals surface area contributed by atoms with E-state index in [9.17, 15) is 18.3 Å². The van der Waals surface area contributed by atoms with E-state index in [0.717, 1.165) is 4.88 Å². The van der Waals surface area contributed by atoms with E-state index in [1.807, 2.05) is 6.92 Å². The van der Waals surface area contributed by atoms with Crippen LogP contribution in [0.5, 0.6) is 0 Å². The van der Waals surface area contributed by atoms with Crippen molar-refractivity contribution in [1.82, 2.24) is 0 Å². The van der Waals surface area contributed by atoms with Crippen LogP contribution in [0.2, 0.25) is 0 Å². The highest BCUT2D eigenvalue weighted by atomic mass is 32.1. The van der Waals surface area contributed by atoms with Gasteiger partial charge in [0.2, 0.25) is 0 Å². The number of thiophene rings is 1. The van der Waals surface area contributed by atoms with E-state index in [2.05, 4.69) is 0 Å². The highest BCUT2D eigenvalue weighted by molar-refractivity contribution is 7.12. The fourth-order valence-corrected chi connectivity index (χ4v) is 2.43. The van der Waals surface area contributed by atoms with Crippen molar-refractivity contribution in [2.24, 2.45) is 0 Å². The minimum absolute atomic E-state index is 0.423. The summed E-state index contributed by atoms with van der Waals surface area (Å²) in [7, 11) is 0. The standard InChI is InChI=1S/C12H9F3OS/c1-6-2-3-10(17-6)12(16)11-8(14)4-7(13)5-9(11)15/h2-5,12,16H,1H3. The summed E-state index contributed by atoms with van der Waals surface area (Å²) < 4.78 is 39.6. The van der Waals surface area contributed by atoms with Crippen LogP contribution in [0.25, 0.3) is 0 Å². The van der Waals surface area contributed by atoms with Crippen LogP contribution in [-0.4, -0.2) is 5.11 Å². The third-order valence-electron chi connectivity index (χ3n) is 2.35. The summed E-state index contributed by atoms with van der Waals surface area (Å²) in [6.07, 6.45) is -1.41. The van der Waals surface area contributed by atoms with Crippen LogP contribution in [0, 0.1) is 24.4 Å². The molecular weight excluding hydrogens is 249 g/mol. The average molecular weight is 258 g/mol. The van der Waals surface area contributed by atoms with Gasteiger partial charge in [0.25, 0.3) is 0 Å². The van der Waals surface area contributed by atoms with Gasteiger partial charge in [-0.1, -0.05) is 0 Å². The molecule has 1 aromatic heterocycles. The number of halogens is 3. The Kier molecular flexibility index (Phi) is 3.22. The van der Waals surface area contributed by atoms with E-state index in [4.69, 9.17) is 0 Å². The lowest BCUT2D eigenvalue weighted by atomic mass is 10.1. The molecule has 2 aromatic rings. The van der Waals surface area contributed by atoms with E-state index < -0.39 is 29.1 Å². The quantitative estimate of drug-likeness (QED) is 0.873. The van der Waals surface area contributed by atoms with Gasteiger partial charge in [0, 0.05) is 21.9 Å². The largest absolute Gasteiger partial charge is 0.383 e. The summed E-state index contributed by atoms with van der Waals surface area (Å²) in [6, 6.07) is 4.44. The molecule has 0 aliphatic heterocycles. The molecule has 0 spiro atoms. The number of benzene rings is 1. The van der Waals surface area contributed by atoms with Gasteiger partial charge in [0.1, 0.15) is 23.6 Å². The molecule has 0 amide bonds. The van der Waals surface area contributed by atoms with Crippen LogP contribution < -0.4 is 0 Å². The molecule has 2 rings (SSSR count). The number of aryl methyl sites for hydroxylation is 1. The van der Waals surface area contributed by atoms with E-state index >= 15 is 0 Å². The minimum atomic E-state index is -1.41. The second-order valence-corrected chi connectivity index (χ2v) is 4.95. The number of rotatable bonds is 2. The van der Waals surface area contributed by atoms with Gasteiger partial charge >= 0.3 is 0 Å². The molecule has 1 unspecified atom stereocenters. The zero-order valence-corrected chi connectivity index (χ0v) is 9.69. The zero-order valence-electron chi connectivity index (χ0n) is 8.88. The third-order valence-corrected chi connectivity index (χ3v) is 3.40. The monoisotopic (exact) mass is 258 g/mol. The molecule has 5 heteroatoms. The molecule has 1 atom stereocenters. The predicted octanol–water partition coefficient (Wildman–Crippen LogP) is 3.56. The third kappa shape index (κ3) is 2.35. The van der Waals surface area contributed by atoms with E-state index in [1.165, 1.54) is 11.3 Å². The highest BCUT2D eigenvalue weighted by Crippen LogP contribution is 2.31. The van der Waals surface area contributed by atoms with Crippen LogP contribution in [0.3, 0.4) is 0 Å². The molecule has 1 aromatic carbocycles. The van der Waals surface area contributed by atoms with Crippen LogP contribution in [0.1, 0.15) is 21.4 Å². The second-order valence-electron chi connectivity index (χ2n) is 3.63. The van der Waals surface area contributed by atoms with Gasteiger partial charge in [-0.3, -0.25) is 0 Å². The van der Waals surface area contributed by atoms with Crippen molar-refractivity contribution in [1.29, 1.82) is 0 Å². The summed E-state index contributed by atoms with van der Waals surface area (Å²) in [6.45, 7) is 1.82. The number of hydrogen-bond acceptors (Lipinski definition) is 2. The lowest BCUT2D eigenvalue weighted by Gasteiger charge is -2.11. The maximum Gasteiger partial charge on any atom is 0.135 e. The topological polar surface area (TPSA) is 20.2 Å². The summed E-state index contributed by atoms with van der Waals surface area (Å²) in [4.78, 5) is 1.34. The SMILES string of the molecule is Cc1ccc(C(O)c2c(F)cc(F)cc2F)s1. The molecule has 0 saturated heterocycles. The molecule has 0 radical (unpaired) electrons. The molecule has 0 saturated carbocycles. The number of hydrogen-bond donors (Lipinski definition) is 1. The second kappa shape index (κ2) is 4.50. The molecule has 1 N–H and O–H groups in total. The summed E-state index contributed by atoms with van der Waals surface area (Å²) in [5.74, 6) is -3.17. The van der Waals surface area contributed by atoms with E-state index in [0.29, 0.717) is 17.0 Å². The Morgan fingerprint density at radius 2 is 1.71 bits per heavy atom. The minimum Gasteiger partial charge on any atom is -0.383 e. The molecule has 0 bridgehead atoms. The normalized spacial score (nSPS) is 12.8. The first-order valence-electron chi connectivity index (χ1n) is 4.88. The van der Waals surface area contributed by atoms with Crippen LogP contribution >= 0.6 is 11.3 Å². The maximum absolute atomic E-state index is 13.4. The van der Waals surface area contributed by atoms with Crippen LogP contribution in [0.15, 0.2) is 24.3 Å².